The van der Waals surface area contributed by atoms with E-state index in [2.05, 4.69) is 11.8 Å². The van der Waals surface area contributed by atoms with Crippen molar-refractivity contribution >= 4 is 0 Å². The molecule has 0 bridgehead atoms. The van der Waals surface area contributed by atoms with Gasteiger partial charge in [0.2, 0.25) is 0 Å². The van der Waals surface area contributed by atoms with Crippen LogP contribution in [0.1, 0.15) is 24.8 Å². The van der Waals surface area contributed by atoms with Crippen LogP contribution >= 0.6 is 0 Å². The highest BCUT2D eigenvalue weighted by Crippen LogP contribution is 2.23. The van der Waals surface area contributed by atoms with Crippen molar-refractivity contribution in [3.05, 3.63) is 29.6 Å². The molecule has 1 saturated heterocycles. The van der Waals surface area contributed by atoms with E-state index in [1.807, 2.05) is 0 Å². The summed E-state index contributed by atoms with van der Waals surface area (Å²) >= 11 is 0. The second-order valence-corrected chi connectivity index (χ2v) is 4.35. The number of hydrogen-bond acceptors (Lipinski definition) is 3. The second kappa shape index (κ2) is 7.13. The van der Waals surface area contributed by atoms with Crippen LogP contribution in [0.4, 0.5) is 4.39 Å². The van der Waals surface area contributed by atoms with Gasteiger partial charge in [0.1, 0.15) is 17.7 Å². The number of halogens is 1. The van der Waals surface area contributed by atoms with Crippen molar-refractivity contribution in [2.24, 2.45) is 0 Å². The van der Waals surface area contributed by atoms with Crippen molar-refractivity contribution in [2.45, 2.75) is 25.4 Å². The first-order valence-corrected chi connectivity index (χ1v) is 6.43. The molecule has 0 saturated carbocycles. The van der Waals surface area contributed by atoms with Crippen LogP contribution in [0, 0.1) is 17.7 Å². The summed E-state index contributed by atoms with van der Waals surface area (Å²) in [6.07, 6.45) is 2.13. The number of aliphatic hydroxyl groups is 1. The summed E-state index contributed by atoms with van der Waals surface area (Å²) in [6, 6.07) is 4.33. The monoisotopic (exact) mass is 264 g/mol. The zero-order valence-corrected chi connectivity index (χ0v) is 10.7. The fourth-order valence-electron chi connectivity index (χ4n) is 1.89. The highest BCUT2D eigenvalue weighted by Gasteiger charge is 2.16. The number of aliphatic hydroxyl groups excluding tert-OH is 1. The third-order valence-electron chi connectivity index (χ3n) is 2.86. The van der Waals surface area contributed by atoms with Crippen molar-refractivity contribution in [3.8, 4) is 17.6 Å². The van der Waals surface area contributed by atoms with Crippen molar-refractivity contribution in [2.75, 3.05) is 19.8 Å². The zero-order chi connectivity index (χ0) is 13.5. The van der Waals surface area contributed by atoms with Gasteiger partial charge in [-0.05, 0) is 18.2 Å². The minimum atomic E-state index is -0.340. The van der Waals surface area contributed by atoms with Crippen LogP contribution in [0.5, 0.6) is 5.75 Å². The molecule has 1 fully saturated rings. The lowest BCUT2D eigenvalue weighted by molar-refractivity contribution is 0.0254. The van der Waals surface area contributed by atoms with E-state index in [-0.39, 0.29) is 18.5 Å². The summed E-state index contributed by atoms with van der Waals surface area (Å²) in [4.78, 5) is 0. The molecule has 3 nitrogen and oxygen atoms in total. The lowest BCUT2D eigenvalue weighted by atomic mass is 10.1. The van der Waals surface area contributed by atoms with Gasteiger partial charge >= 0.3 is 0 Å². The van der Waals surface area contributed by atoms with Gasteiger partial charge in [-0.2, -0.15) is 0 Å². The Kier molecular flexibility index (Phi) is 5.20. The first-order chi connectivity index (χ1) is 9.29. The molecule has 2 rings (SSSR count). The number of hydrogen-bond donors (Lipinski definition) is 1. The maximum Gasteiger partial charge on any atom is 0.135 e. The number of ether oxygens (including phenoxy) is 2. The molecule has 0 amide bonds. The average molecular weight is 264 g/mol. The normalized spacial score (nSPS) is 15.7. The Hall–Kier alpha value is -1.57. The fourth-order valence-corrected chi connectivity index (χ4v) is 1.89. The summed E-state index contributed by atoms with van der Waals surface area (Å²) < 4.78 is 24.4. The molecule has 102 valence electrons. The summed E-state index contributed by atoms with van der Waals surface area (Å²) in [6.45, 7) is 1.38. The maximum absolute atomic E-state index is 13.2. The first kappa shape index (κ1) is 13.9. The van der Waals surface area contributed by atoms with Crippen LogP contribution in [-0.2, 0) is 4.74 Å². The molecular weight excluding hydrogens is 247 g/mol. The molecule has 19 heavy (non-hydrogen) atoms. The molecule has 1 aliphatic rings. The molecule has 4 heteroatoms. The van der Waals surface area contributed by atoms with Gasteiger partial charge in [0.05, 0.1) is 25.4 Å². The predicted molar refractivity (Wildman–Crippen MR) is 69.4 cm³/mol. The van der Waals surface area contributed by atoms with E-state index in [4.69, 9.17) is 14.6 Å². The standard InChI is InChI=1S/C15H17FO3/c16-13-4-5-15(12(11-13)3-1-2-8-17)19-14-6-9-18-10-7-14/h4-5,11,14,17H,2,6-10H2. The summed E-state index contributed by atoms with van der Waals surface area (Å²) in [7, 11) is 0. The smallest absolute Gasteiger partial charge is 0.135 e. The Morgan fingerprint density at radius 1 is 1.37 bits per heavy atom. The topological polar surface area (TPSA) is 38.7 Å². The van der Waals surface area contributed by atoms with E-state index in [9.17, 15) is 4.39 Å². The van der Waals surface area contributed by atoms with E-state index in [1.165, 1.54) is 12.1 Å². The summed E-state index contributed by atoms with van der Waals surface area (Å²) in [5.74, 6) is 5.88. The predicted octanol–water partition coefficient (Wildman–Crippen LogP) is 2.12. The molecule has 0 spiro atoms. The summed E-state index contributed by atoms with van der Waals surface area (Å²) in [5.41, 5.74) is 0.528. The molecule has 0 radical (unpaired) electrons. The molecule has 1 aliphatic heterocycles. The second-order valence-electron chi connectivity index (χ2n) is 4.35. The minimum Gasteiger partial charge on any atom is -0.489 e. The average Bonchev–Trinajstić information content (AvgIpc) is 2.43. The maximum atomic E-state index is 13.2. The van der Waals surface area contributed by atoms with Gasteiger partial charge in [-0.25, -0.2) is 4.39 Å². The van der Waals surface area contributed by atoms with E-state index >= 15 is 0 Å². The van der Waals surface area contributed by atoms with E-state index < -0.39 is 0 Å². The highest BCUT2D eigenvalue weighted by molar-refractivity contribution is 5.46. The van der Waals surface area contributed by atoms with Gasteiger partial charge in [0, 0.05) is 19.3 Å². The third-order valence-corrected chi connectivity index (χ3v) is 2.86. The van der Waals surface area contributed by atoms with Gasteiger partial charge in [0.25, 0.3) is 0 Å². The molecule has 1 heterocycles. The van der Waals surface area contributed by atoms with E-state index in [0.29, 0.717) is 30.9 Å². The quantitative estimate of drug-likeness (QED) is 0.850. The third kappa shape index (κ3) is 4.23. The van der Waals surface area contributed by atoms with Gasteiger partial charge in [-0.1, -0.05) is 11.8 Å². The Morgan fingerprint density at radius 3 is 2.89 bits per heavy atom. The van der Waals surface area contributed by atoms with Gasteiger partial charge < -0.3 is 14.6 Å². The van der Waals surface area contributed by atoms with Crippen molar-refractivity contribution in [3.63, 3.8) is 0 Å². The number of rotatable bonds is 3. The van der Waals surface area contributed by atoms with Crippen molar-refractivity contribution in [1.29, 1.82) is 0 Å². The van der Waals surface area contributed by atoms with Crippen LogP contribution in [0.2, 0.25) is 0 Å². The van der Waals surface area contributed by atoms with Crippen molar-refractivity contribution < 1.29 is 19.0 Å². The Labute approximate surface area is 112 Å². The molecule has 1 aromatic carbocycles. The molecule has 0 aliphatic carbocycles. The molecule has 0 unspecified atom stereocenters. The van der Waals surface area contributed by atoms with Crippen molar-refractivity contribution in [1.82, 2.24) is 0 Å². The largest absolute Gasteiger partial charge is 0.489 e. The highest BCUT2D eigenvalue weighted by atomic mass is 19.1. The van der Waals surface area contributed by atoms with Gasteiger partial charge in [-0.15, -0.1) is 0 Å². The van der Waals surface area contributed by atoms with Crippen LogP contribution in [0.3, 0.4) is 0 Å². The Balaban J connectivity index is 2.12. The zero-order valence-electron chi connectivity index (χ0n) is 10.7. The van der Waals surface area contributed by atoms with E-state index in [0.717, 1.165) is 12.8 Å². The lowest BCUT2D eigenvalue weighted by Crippen LogP contribution is -2.26. The first-order valence-electron chi connectivity index (χ1n) is 6.43. The SMILES string of the molecule is OCCC#Cc1cc(F)ccc1OC1CCOCC1. The van der Waals surface area contributed by atoms with Gasteiger partial charge in [-0.3, -0.25) is 0 Å². The summed E-state index contributed by atoms with van der Waals surface area (Å²) in [5, 5.41) is 8.71. The minimum absolute atomic E-state index is 0.00152. The molecule has 0 atom stereocenters. The molecule has 0 aromatic heterocycles. The molecule has 1 N–H and O–H groups in total. The lowest BCUT2D eigenvalue weighted by Gasteiger charge is -2.23. The number of benzene rings is 1. The molecule has 1 aromatic rings. The van der Waals surface area contributed by atoms with Crippen LogP contribution in [0.15, 0.2) is 18.2 Å². The van der Waals surface area contributed by atoms with Crippen LogP contribution in [0.25, 0.3) is 0 Å². The fraction of sp³-hybridized carbons (Fsp3) is 0.467. The Bertz CT molecular complexity index is 470. The molecular formula is C15H17FO3. The van der Waals surface area contributed by atoms with Gasteiger partial charge in [0.15, 0.2) is 0 Å². The van der Waals surface area contributed by atoms with Crippen LogP contribution < -0.4 is 4.74 Å². The Morgan fingerprint density at radius 2 is 2.16 bits per heavy atom. The van der Waals surface area contributed by atoms with Crippen LogP contribution in [-0.4, -0.2) is 31.0 Å². The van der Waals surface area contributed by atoms with E-state index in [1.54, 1.807) is 6.07 Å².